The molecule has 1 aromatic carbocycles. The number of nitrogens with zero attached hydrogens (tertiary/aromatic N) is 2. The smallest absolute Gasteiger partial charge is 0.362 e. The van der Waals surface area contributed by atoms with Crippen LogP contribution in [0.1, 0.15) is 39.3 Å². The number of fused-ring (bicyclic) bond motifs is 1. The van der Waals surface area contributed by atoms with E-state index < -0.39 is 24.2 Å². The van der Waals surface area contributed by atoms with Gasteiger partial charge in [0.15, 0.2) is 6.04 Å². The Kier molecular flexibility index (Phi) is 5.04. The first-order valence-corrected chi connectivity index (χ1v) is 10.0. The van der Waals surface area contributed by atoms with Gasteiger partial charge in [-0.2, -0.15) is 18.3 Å². The van der Waals surface area contributed by atoms with E-state index in [1.807, 2.05) is 0 Å². The van der Waals surface area contributed by atoms with E-state index in [-0.39, 0.29) is 17.8 Å². The van der Waals surface area contributed by atoms with Gasteiger partial charge in [-0.25, -0.2) is 4.68 Å². The highest BCUT2D eigenvalue weighted by molar-refractivity contribution is 7.10. The molecule has 152 valence electrons. The molecule has 1 amide bonds. The van der Waals surface area contributed by atoms with Crippen molar-refractivity contribution in [1.29, 1.82) is 0 Å². The summed E-state index contributed by atoms with van der Waals surface area (Å²) < 4.78 is 41.9. The molecule has 2 atom stereocenters. The molecule has 1 aliphatic rings. The number of carbonyl (C=O) groups is 1. The number of benzene rings is 1. The Morgan fingerprint density at radius 1 is 1.34 bits per heavy atom. The Bertz CT molecular complexity index is 1050. The Labute approximate surface area is 173 Å². The minimum absolute atomic E-state index is 0.0416. The van der Waals surface area contributed by atoms with Crippen molar-refractivity contribution in [2.75, 3.05) is 10.6 Å². The number of halogens is 4. The van der Waals surface area contributed by atoms with Crippen molar-refractivity contribution in [1.82, 2.24) is 9.78 Å². The van der Waals surface area contributed by atoms with Crippen LogP contribution >= 0.6 is 22.9 Å². The molecule has 2 aromatic heterocycles. The van der Waals surface area contributed by atoms with Gasteiger partial charge in [-0.3, -0.25) is 4.79 Å². The lowest BCUT2D eigenvalue weighted by atomic mass is 10.0. The zero-order valence-corrected chi connectivity index (χ0v) is 16.7. The monoisotopic (exact) mass is 440 g/mol. The third-order valence-corrected chi connectivity index (χ3v) is 6.28. The van der Waals surface area contributed by atoms with Crippen molar-refractivity contribution >= 4 is 40.4 Å². The van der Waals surface area contributed by atoms with Crippen LogP contribution in [0.2, 0.25) is 5.02 Å². The van der Waals surface area contributed by atoms with Gasteiger partial charge in [0.25, 0.3) is 5.91 Å². The Morgan fingerprint density at radius 2 is 2.14 bits per heavy atom. The molecule has 1 aliphatic heterocycles. The van der Waals surface area contributed by atoms with Gasteiger partial charge in [-0.1, -0.05) is 23.7 Å². The lowest BCUT2D eigenvalue weighted by Gasteiger charge is -2.33. The molecule has 0 saturated carbocycles. The summed E-state index contributed by atoms with van der Waals surface area (Å²) in [5, 5.41) is 11.9. The molecule has 2 unspecified atom stereocenters. The number of hydrogen-bond acceptors (Lipinski definition) is 4. The zero-order chi connectivity index (χ0) is 20.8. The quantitative estimate of drug-likeness (QED) is 0.539. The van der Waals surface area contributed by atoms with Crippen LogP contribution in [-0.2, 0) is 0 Å². The molecule has 0 spiro atoms. The maximum absolute atomic E-state index is 13.7. The molecule has 3 heterocycles. The fourth-order valence-electron chi connectivity index (χ4n) is 3.34. The number of aromatic nitrogens is 2. The van der Waals surface area contributed by atoms with Gasteiger partial charge in [-0.15, -0.1) is 11.3 Å². The molecule has 4 rings (SSSR count). The number of hydrogen-bond donors (Lipinski definition) is 2. The Balaban J connectivity index is 1.70. The molecule has 0 aliphatic carbocycles. The molecule has 2 N–H and O–H groups in total. The van der Waals surface area contributed by atoms with Crippen LogP contribution in [0.3, 0.4) is 0 Å². The van der Waals surface area contributed by atoms with Crippen molar-refractivity contribution in [3.05, 3.63) is 62.9 Å². The van der Waals surface area contributed by atoms with E-state index in [2.05, 4.69) is 15.7 Å². The number of thiophene rings is 1. The summed E-state index contributed by atoms with van der Waals surface area (Å²) in [5.74, 6) is -0.508. The summed E-state index contributed by atoms with van der Waals surface area (Å²) in [6, 6.07) is 6.22. The molecule has 5 nitrogen and oxygen atoms in total. The molecule has 0 bridgehead atoms. The normalized spacial score (nSPS) is 18.8. The largest absolute Gasteiger partial charge is 0.410 e. The second-order valence-corrected chi connectivity index (χ2v) is 8.11. The van der Waals surface area contributed by atoms with Crippen molar-refractivity contribution in [2.24, 2.45) is 0 Å². The topological polar surface area (TPSA) is 59.0 Å². The van der Waals surface area contributed by atoms with Crippen LogP contribution in [-0.4, -0.2) is 21.9 Å². The molecule has 3 aromatic rings. The minimum atomic E-state index is -4.49. The zero-order valence-electron chi connectivity index (χ0n) is 15.1. The predicted octanol–water partition coefficient (Wildman–Crippen LogP) is 5.82. The van der Waals surface area contributed by atoms with Crippen LogP contribution in [0, 0.1) is 6.92 Å². The molecular formula is C19H16ClF3N4OS. The highest BCUT2D eigenvalue weighted by Crippen LogP contribution is 2.45. The van der Waals surface area contributed by atoms with Crippen molar-refractivity contribution in [3.63, 3.8) is 0 Å². The SMILES string of the molecule is Cc1c(Cl)cccc1NC(=O)c1cnn2c1NC(c1cccs1)CC2C(F)(F)F. The standard InChI is InChI=1S/C19H16ClF3N4OS/c1-10-12(20)4-2-5-13(10)26-18(28)11-9-24-27-16(19(21,22)23)8-14(25-17(11)27)15-6-3-7-29-15/h2-7,9,14,16,25H,8H2,1H3,(H,26,28). The van der Waals surface area contributed by atoms with E-state index >= 15 is 0 Å². The van der Waals surface area contributed by atoms with E-state index in [0.717, 1.165) is 15.8 Å². The van der Waals surface area contributed by atoms with Gasteiger partial charge in [0.05, 0.1) is 12.2 Å². The number of alkyl halides is 3. The molecule has 29 heavy (non-hydrogen) atoms. The van der Waals surface area contributed by atoms with Gasteiger partial charge in [0.1, 0.15) is 11.4 Å². The van der Waals surface area contributed by atoms with E-state index in [1.165, 1.54) is 11.3 Å². The fraction of sp³-hybridized carbons (Fsp3) is 0.263. The van der Waals surface area contributed by atoms with E-state index in [4.69, 9.17) is 11.6 Å². The maximum atomic E-state index is 13.7. The van der Waals surface area contributed by atoms with Crippen LogP contribution in [0.5, 0.6) is 0 Å². The molecule has 0 radical (unpaired) electrons. The third-order valence-electron chi connectivity index (χ3n) is 4.89. The van der Waals surface area contributed by atoms with E-state index in [0.29, 0.717) is 16.3 Å². The van der Waals surface area contributed by atoms with Gasteiger partial charge >= 0.3 is 6.18 Å². The summed E-state index contributed by atoms with van der Waals surface area (Å²) in [5.41, 5.74) is 1.20. The maximum Gasteiger partial charge on any atom is 0.410 e. The highest BCUT2D eigenvalue weighted by atomic mass is 35.5. The average Bonchev–Trinajstić information content (AvgIpc) is 3.33. The van der Waals surface area contributed by atoms with E-state index in [1.54, 1.807) is 42.6 Å². The molecule has 0 fully saturated rings. The van der Waals surface area contributed by atoms with Gasteiger partial charge < -0.3 is 10.6 Å². The van der Waals surface area contributed by atoms with Crippen LogP contribution < -0.4 is 10.6 Å². The minimum Gasteiger partial charge on any atom is -0.362 e. The number of nitrogens with one attached hydrogen (secondary N) is 2. The van der Waals surface area contributed by atoms with Gasteiger partial charge in [0, 0.05) is 22.0 Å². The number of carbonyl (C=O) groups excluding carboxylic acids is 1. The molecule has 0 saturated heterocycles. The number of anilines is 2. The second-order valence-electron chi connectivity index (χ2n) is 6.72. The predicted molar refractivity (Wildman–Crippen MR) is 107 cm³/mol. The van der Waals surface area contributed by atoms with Crippen molar-refractivity contribution < 1.29 is 18.0 Å². The van der Waals surface area contributed by atoms with E-state index in [9.17, 15) is 18.0 Å². The Morgan fingerprint density at radius 3 is 2.83 bits per heavy atom. The van der Waals surface area contributed by atoms with Crippen molar-refractivity contribution in [3.8, 4) is 0 Å². The Hall–Kier alpha value is -2.52. The summed E-state index contributed by atoms with van der Waals surface area (Å²) in [7, 11) is 0. The number of amides is 1. The van der Waals surface area contributed by atoms with Crippen molar-refractivity contribution in [2.45, 2.75) is 31.6 Å². The van der Waals surface area contributed by atoms with Crippen LogP contribution in [0.15, 0.2) is 41.9 Å². The summed E-state index contributed by atoms with van der Waals surface area (Å²) >= 11 is 7.44. The van der Waals surface area contributed by atoms with Gasteiger partial charge in [0.2, 0.25) is 0 Å². The third kappa shape index (κ3) is 3.72. The van der Waals surface area contributed by atoms with Crippen LogP contribution in [0.4, 0.5) is 24.7 Å². The molecule has 10 heteroatoms. The fourth-order valence-corrected chi connectivity index (χ4v) is 4.30. The first kappa shape index (κ1) is 19.8. The summed E-state index contributed by atoms with van der Waals surface area (Å²) in [4.78, 5) is 13.6. The first-order chi connectivity index (χ1) is 13.8. The van der Waals surface area contributed by atoms with Crippen LogP contribution in [0.25, 0.3) is 0 Å². The average molecular weight is 441 g/mol. The summed E-state index contributed by atoms with van der Waals surface area (Å²) in [6.45, 7) is 1.75. The lowest BCUT2D eigenvalue weighted by Crippen LogP contribution is -2.36. The first-order valence-electron chi connectivity index (χ1n) is 8.76. The van der Waals surface area contributed by atoms with Gasteiger partial charge in [-0.05, 0) is 36.1 Å². The molecular weight excluding hydrogens is 425 g/mol. The highest BCUT2D eigenvalue weighted by Gasteiger charge is 2.47. The lowest BCUT2D eigenvalue weighted by molar-refractivity contribution is -0.173. The second kappa shape index (κ2) is 7.38. The summed E-state index contributed by atoms with van der Waals surface area (Å²) in [6.07, 6.45) is -3.53. The number of rotatable bonds is 3.